The van der Waals surface area contributed by atoms with Crippen molar-refractivity contribution in [3.05, 3.63) is 35.2 Å². The van der Waals surface area contributed by atoms with Crippen molar-refractivity contribution in [2.45, 2.75) is 91.3 Å². The van der Waals surface area contributed by atoms with Crippen molar-refractivity contribution in [2.24, 2.45) is 5.73 Å². The third-order valence-electron chi connectivity index (χ3n) is 5.69. The first-order valence-corrected chi connectivity index (χ1v) is 13.7. The van der Waals surface area contributed by atoms with E-state index in [0.717, 1.165) is 0 Å². The van der Waals surface area contributed by atoms with E-state index >= 15 is 0 Å². The first-order valence-electron chi connectivity index (χ1n) is 10.7. The number of aromatic nitrogens is 2. The average Bonchev–Trinajstić information content (AvgIpc) is 2.99. The highest BCUT2D eigenvalue weighted by Crippen LogP contribution is 2.39. The van der Waals surface area contributed by atoms with Gasteiger partial charge < -0.3 is 19.4 Å². The summed E-state index contributed by atoms with van der Waals surface area (Å²) in [7, 11) is -2.13. The Morgan fingerprint density at radius 1 is 1.25 bits per heavy atom. The Bertz CT molecular complexity index is 961. The van der Waals surface area contributed by atoms with Crippen LogP contribution >= 0.6 is 0 Å². The minimum atomic E-state index is -2.13. The summed E-state index contributed by atoms with van der Waals surface area (Å²) < 4.78 is 31.9. The fourth-order valence-electron chi connectivity index (χ4n) is 2.93. The van der Waals surface area contributed by atoms with Crippen LogP contribution in [-0.2, 0) is 20.6 Å². The molecule has 0 aromatic carbocycles. The van der Waals surface area contributed by atoms with Gasteiger partial charge in [-0.3, -0.25) is 4.79 Å². The van der Waals surface area contributed by atoms with Crippen LogP contribution in [0.25, 0.3) is 11.1 Å². The lowest BCUT2D eigenvalue weighted by atomic mass is 9.96. The molecule has 0 aliphatic rings. The van der Waals surface area contributed by atoms with E-state index < -0.39 is 31.9 Å². The van der Waals surface area contributed by atoms with E-state index in [1.165, 1.54) is 6.20 Å². The van der Waals surface area contributed by atoms with Gasteiger partial charge >= 0.3 is 5.97 Å². The molecular formula is C23H36FN3O4Si. The lowest BCUT2D eigenvalue weighted by molar-refractivity contribution is -0.155. The highest BCUT2D eigenvalue weighted by molar-refractivity contribution is 6.74. The molecule has 1 atom stereocenters. The molecule has 2 heterocycles. The zero-order chi connectivity index (χ0) is 24.5. The summed E-state index contributed by atoms with van der Waals surface area (Å²) in [6.07, 6.45) is 1.29. The Kier molecular flexibility index (Phi) is 7.69. The smallest absolute Gasteiger partial charge is 0.308 e. The van der Waals surface area contributed by atoms with E-state index in [1.54, 1.807) is 33.8 Å². The molecule has 0 saturated heterocycles. The number of nitrogens with two attached hydrogens (primary N) is 1. The number of rotatable bonds is 7. The number of aryl methyl sites for hydroxylation is 1. The molecule has 2 aromatic rings. The van der Waals surface area contributed by atoms with Crippen molar-refractivity contribution >= 4 is 14.3 Å². The van der Waals surface area contributed by atoms with Crippen LogP contribution in [0.3, 0.4) is 0 Å². The summed E-state index contributed by atoms with van der Waals surface area (Å²) in [5.74, 6) is -0.770. The normalized spacial score (nSPS) is 13.8. The summed E-state index contributed by atoms with van der Waals surface area (Å²) in [5.41, 5.74) is 7.61. The van der Waals surface area contributed by atoms with Gasteiger partial charge in [0.2, 0.25) is 5.95 Å². The Hall–Kier alpha value is -2.10. The van der Waals surface area contributed by atoms with Gasteiger partial charge in [-0.25, -0.2) is 4.98 Å². The van der Waals surface area contributed by atoms with Gasteiger partial charge in [0.1, 0.15) is 5.60 Å². The molecule has 0 fully saturated rings. The molecule has 0 unspecified atom stereocenters. The van der Waals surface area contributed by atoms with E-state index in [1.807, 2.05) is 0 Å². The number of halogens is 1. The van der Waals surface area contributed by atoms with E-state index in [4.69, 9.17) is 19.4 Å². The largest absolute Gasteiger partial charge is 0.460 e. The van der Waals surface area contributed by atoms with Gasteiger partial charge in [-0.15, -0.1) is 0 Å². The monoisotopic (exact) mass is 465 g/mol. The maximum Gasteiger partial charge on any atom is 0.308 e. The van der Waals surface area contributed by atoms with Crippen molar-refractivity contribution in [1.29, 1.82) is 0 Å². The Labute approximate surface area is 191 Å². The first-order chi connectivity index (χ1) is 14.5. The van der Waals surface area contributed by atoms with Gasteiger partial charge in [0.05, 0.1) is 24.8 Å². The summed E-state index contributed by atoms with van der Waals surface area (Å²) in [5, 5.41) is 4.00. The van der Waals surface area contributed by atoms with Gasteiger partial charge in [-0.1, -0.05) is 25.9 Å². The summed E-state index contributed by atoms with van der Waals surface area (Å²) in [6, 6.07) is 0.892. The van der Waals surface area contributed by atoms with Crippen LogP contribution in [0.4, 0.5) is 4.39 Å². The topological polar surface area (TPSA) is 100 Å². The van der Waals surface area contributed by atoms with Crippen LogP contribution < -0.4 is 5.73 Å². The minimum absolute atomic E-state index is 0.0279. The van der Waals surface area contributed by atoms with E-state index in [9.17, 15) is 9.18 Å². The minimum Gasteiger partial charge on any atom is -0.460 e. The number of hydrogen-bond acceptors (Lipinski definition) is 7. The second kappa shape index (κ2) is 9.41. The van der Waals surface area contributed by atoms with Crippen molar-refractivity contribution in [3.8, 4) is 11.1 Å². The number of carbonyl (C=O) groups is 1. The molecule has 0 amide bonds. The predicted molar refractivity (Wildman–Crippen MR) is 124 cm³/mol. The number of hydrogen-bond donors (Lipinski definition) is 1. The molecule has 0 aliphatic carbocycles. The second-order valence-electron chi connectivity index (χ2n) is 10.6. The Balaban J connectivity index is 2.40. The van der Waals surface area contributed by atoms with Crippen molar-refractivity contribution in [1.82, 2.24) is 10.1 Å². The lowest BCUT2D eigenvalue weighted by Gasteiger charge is -2.36. The van der Waals surface area contributed by atoms with Crippen LogP contribution in [0, 0.1) is 12.9 Å². The lowest BCUT2D eigenvalue weighted by Crippen LogP contribution is -2.40. The van der Waals surface area contributed by atoms with Crippen molar-refractivity contribution in [3.63, 3.8) is 0 Å². The fourth-order valence-corrected chi connectivity index (χ4v) is 3.87. The third kappa shape index (κ3) is 6.23. The van der Waals surface area contributed by atoms with Gasteiger partial charge in [0.15, 0.2) is 14.1 Å². The van der Waals surface area contributed by atoms with Crippen LogP contribution in [0.5, 0.6) is 0 Å². The summed E-state index contributed by atoms with van der Waals surface area (Å²) >= 11 is 0. The fraction of sp³-hybridized carbons (Fsp3) is 0.609. The standard InChI is InChI=1S/C23H36FN3O4Si/c1-14-19(20(31-27-14)17(25)12-18(28)30-22(2,3)4)15-10-11-26-21(24)16(15)13-29-32(8,9)23(5,6)7/h10-11,17H,12-13,25H2,1-9H3/t17-/m0/s1. The van der Waals surface area contributed by atoms with E-state index in [2.05, 4.69) is 44.0 Å². The van der Waals surface area contributed by atoms with Gasteiger partial charge in [0, 0.05) is 17.3 Å². The predicted octanol–water partition coefficient (Wildman–Crippen LogP) is 5.44. The van der Waals surface area contributed by atoms with Crippen molar-refractivity contribution in [2.75, 3.05) is 0 Å². The molecule has 7 nitrogen and oxygen atoms in total. The second-order valence-corrected chi connectivity index (χ2v) is 15.4. The Morgan fingerprint density at radius 2 is 1.88 bits per heavy atom. The quantitative estimate of drug-likeness (QED) is 0.330. The van der Waals surface area contributed by atoms with Crippen molar-refractivity contribution < 1.29 is 22.9 Å². The molecule has 0 spiro atoms. The molecular weight excluding hydrogens is 429 g/mol. The molecule has 32 heavy (non-hydrogen) atoms. The van der Waals surface area contributed by atoms with E-state index in [0.29, 0.717) is 28.1 Å². The molecule has 0 radical (unpaired) electrons. The molecule has 0 aliphatic heterocycles. The van der Waals surface area contributed by atoms with Gasteiger partial charge in [-0.05, 0) is 57.5 Å². The molecule has 9 heteroatoms. The van der Waals surface area contributed by atoms with Crippen LogP contribution in [0.15, 0.2) is 16.8 Å². The van der Waals surface area contributed by atoms with Crippen LogP contribution in [0.2, 0.25) is 18.1 Å². The summed E-state index contributed by atoms with van der Waals surface area (Å²) in [6.45, 7) is 17.8. The number of ether oxygens (including phenoxy) is 1. The zero-order valence-corrected chi connectivity index (χ0v) is 21.6. The first kappa shape index (κ1) is 26.2. The average molecular weight is 466 g/mol. The number of esters is 1. The molecule has 2 N–H and O–H groups in total. The molecule has 2 aromatic heterocycles. The highest BCUT2D eigenvalue weighted by Gasteiger charge is 2.38. The highest BCUT2D eigenvalue weighted by atomic mass is 28.4. The van der Waals surface area contributed by atoms with E-state index in [-0.39, 0.29) is 18.1 Å². The van der Waals surface area contributed by atoms with Crippen LogP contribution in [-0.4, -0.2) is 30.0 Å². The van der Waals surface area contributed by atoms with Gasteiger partial charge in [-0.2, -0.15) is 4.39 Å². The Morgan fingerprint density at radius 3 is 2.44 bits per heavy atom. The number of nitrogens with zero attached hydrogens (tertiary/aromatic N) is 2. The van der Waals surface area contributed by atoms with Crippen LogP contribution in [0.1, 0.15) is 71.0 Å². The third-order valence-corrected chi connectivity index (χ3v) is 10.2. The summed E-state index contributed by atoms with van der Waals surface area (Å²) in [4.78, 5) is 16.1. The zero-order valence-electron chi connectivity index (χ0n) is 20.6. The SMILES string of the molecule is Cc1noc([C@@H](N)CC(=O)OC(C)(C)C)c1-c1ccnc(F)c1CO[Si](C)(C)C(C)(C)C. The number of pyridine rings is 1. The molecule has 2 rings (SSSR count). The molecule has 178 valence electrons. The van der Waals surface area contributed by atoms with Gasteiger partial charge in [0.25, 0.3) is 0 Å². The maximum atomic E-state index is 14.8. The number of carbonyl (C=O) groups excluding carboxylic acids is 1. The maximum absolute atomic E-state index is 14.8. The molecule has 0 bridgehead atoms. The molecule has 0 saturated carbocycles.